The van der Waals surface area contributed by atoms with Crippen molar-refractivity contribution in [3.63, 3.8) is 0 Å². The third-order valence-electron chi connectivity index (χ3n) is 5.14. The minimum atomic E-state index is -0.861. The number of Topliss-reactive ketones (excluding diaryl/α,β-unsaturated/α-hetero) is 1. The van der Waals surface area contributed by atoms with Crippen LogP contribution in [-0.4, -0.2) is 33.3 Å². The molecule has 0 saturated carbocycles. The molecule has 1 saturated heterocycles. The number of hydrogen-bond donors (Lipinski definition) is 1. The Morgan fingerprint density at radius 1 is 1.22 bits per heavy atom. The van der Waals surface area contributed by atoms with Crippen LogP contribution < -0.4 is 4.74 Å². The van der Waals surface area contributed by atoms with Gasteiger partial charge in [-0.05, 0) is 55.0 Å². The fourth-order valence-electron chi connectivity index (χ4n) is 3.65. The van der Waals surface area contributed by atoms with E-state index in [-0.39, 0.29) is 17.9 Å². The van der Waals surface area contributed by atoms with Gasteiger partial charge in [0, 0.05) is 24.5 Å². The summed E-state index contributed by atoms with van der Waals surface area (Å²) in [5.74, 6) is -0.116. The molecule has 1 amide bonds. The molecule has 1 aromatic carbocycles. The molecule has 0 radical (unpaired) electrons. The largest absolute Gasteiger partial charge is 0.507 e. The number of benzene rings is 1. The smallest absolute Gasteiger partial charge is 0.296 e. The Balaban J connectivity index is 1.77. The monoisotopic (exact) mass is 430 g/mol. The van der Waals surface area contributed by atoms with Gasteiger partial charge in [0.05, 0.1) is 5.57 Å². The average molecular weight is 430 g/mol. The highest BCUT2D eigenvalue weighted by molar-refractivity contribution is 6.46. The molecule has 7 nitrogen and oxygen atoms in total. The summed E-state index contributed by atoms with van der Waals surface area (Å²) >= 11 is 0. The first-order chi connectivity index (χ1) is 15.5. The van der Waals surface area contributed by atoms with Gasteiger partial charge in [0.2, 0.25) is 0 Å². The lowest BCUT2D eigenvalue weighted by molar-refractivity contribution is -0.140. The molecule has 2 aromatic heterocycles. The molecule has 1 aliphatic rings. The standard InChI is InChI=1S/C25H22N2O5/c1-3-13-31-19-9-7-18(8-10-19)23(28)21-22(20-11-6-16(2)32-20)27(25(30)24(21)29)15-17-5-4-12-26-14-17/h3-12,14,22,28H,1,13,15H2,2H3/b23-21+/t22-/m1/s1. The number of amides is 1. The molecule has 0 unspecified atom stereocenters. The second-order valence-corrected chi connectivity index (χ2v) is 7.36. The fraction of sp³-hybridized carbons (Fsp3) is 0.160. The van der Waals surface area contributed by atoms with Crippen LogP contribution in [0.1, 0.15) is 28.7 Å². The minimum absolute atomic E-state index is 0.0204. The van der Waals surface area contributed by atoms with Crippen LogP contribution in [-0.2, 0) is 16.1 Å². The Morgan fingerprint density at radius 2 is 2.00 bits per heavy atom. The van der Waals surface area contributed by atoms with Crippen molar-refractivity contribution in [3.8, 4) is 5.75 Å². The zero-order chi connectivity index (χ0) is 22.7. The number of nitrogens with zero attached hydrogens (tertiary/aromatic N) is 2. The van der Waals surface area contributed by atoms with Gasteiger partial charge in [-0.2, -0.15) is 0 Å². The number of ketones is 1. The van der Waals surface area contributed by atoms with Gasteiger partial charge in [0.1, 0.15) is 35.7 Å². The van der Waals surface area contributed by atoms with Crippen molar-refractivity contribution in [2.45, 2.75) is 19.5 Å². The second kappa shape index (κ2) is 8.93. The Morgan fingerprint density at radius 3 is 2.62 bits per heavy atom. The zero-order valence-electron chi connectivity index (χ0n) is 17.5. The molecule has 7 heteroatoms. The highest BCUT2D eigenvalue weighted by Gasteiger charge is 2.47. The van der Waals surface area contributed by atoms with Gasteiger partial charge in [-0.3, -0.25) is 14.6 Å². The number of aromatic nitrogens is 1. The van der Waals surface area contributed by atoms with Crippen LogP contribution in [0.4, 0.5) is 0 Å². The minimum Gasteiger partial charge on any atom is -0.507 e. The summed E-state index contributed by atoms with van der Waals surface area (Å²) in [5.41, 5.74) is 1.13. The van der Waals surface area contributed by atoms with Gasteiger partial charge < -0.3 is 19.2 Å². The van der Waals surface area contributed by atoms with Gasteiger partial charge in [-0.25, -0.2) is 0 Å². The SMILES string of the molecule is C=CCOc1ccc(/C(O)=C2\C(=O)C(=O)N(Cc3cccnc3)[C@@H]2c2ccc(C)o2)cc1. The number of likely N-dealkylation sites (tertiary alicyclic amines) is 1. The summed E-state index contributed by atoms with van der Waals surface area (Å²) < 4.78 is 11.2. The van der Waals surface area contributed by atoms with E-state index in [0.717, 1.165) is 5.56 Å². The third kappa shape index (κ3) is 4.05. The Kier molecular flexibility index (Phi) is 5.89. The molecule has 0 bridgehead atoms. The maximum atomic E-state index is 13.0. The van der Waals surface area contributed by atoms with Crippen LogP contribution in [0.15, 0.2) is 83.6 Å². The first-order valence-electron chi connectivity index (χ1n) is 10.1. The number of ether oxygens (including phenoxy) is 1. The molecule has 1 atom stereocenters. The van der Waals surface area contributed by atoms with Gasteiger partial charge in [-0.1, -0.05) is 18.7 Å². The van der Waals surface area contributed by atoms with E-state index in [1.807, 2.05) is 6.07 Å². The number of furan rings is 1. The summed E-state index contributed by atoms with van der Waals surface area (Å²) in [6, 6.07) is 12.8. The predicted molar refractivity (Wildman–Crippen MR) is 118 cm³/mol. The van der Waals surface area contributed by atoms with E-state index in [2.05, 4.69) is 11.6 Å². The molecular formula is C25H22N2O5. The van der Waals surface area contributed by atoms with Crippen molar-refractivity contribution >= 4 is 17.4 Å². The van der Waals surface area contributed by atoms with Crippen molar-refractivity contribution in [1.82, 2.24) is 9.88 Å². The molecule has 1 fully saturated rings. The fourth-order valence-corrected chi connectivity index (χ4v) is 3.65. The molecule has 1 N–H and O–H groups in total. The maximum absolute atomic E-state index is 13.0. The molecule has 0 aliphatic carbocycles. The van der Waals surface area contributed by atoms with E-state index >= 15 is 0 Å². The molecular weight excluding hydrogens is 408 g/mol. The summed E-state index contributed by atoms with van der Waals surface area (Å²) in [4.78, 5) is 31.4. The lowest BCUT2D eigenvalue weighted by Gasteiger charge is -2.23. The molecule has 4 rings (SSSR count). The summed E-state index contributed by atoms with van der Waals surface area (Å²) in [5, 5.41) is 11.1. The topological polar surface area (TPSA) is 92.9 Å². The van der Waals surface area contributed by atoms with Gasteiger partial charge in [0.25, 0.3) is 11.7 Å². The van der Waals surface area contributed by atoms with Crippen molar-refractivity contribution in [1.29, 1.82) is 0 Å². The molecule has 162 valence electrons. The van der Waals surface area contributed by atoms with E-state index in [4.69, 9.17) is 9.15 Å². The van der Waals surface area contributed by atoms with Crippen LogP contribution in [0.5, 0.6) is 5.75 Å². The first kappa shape index (κ1) is 21.1. The normalized spacial score (nSPS) is 17.5. The molecule has 3 heterocycles. The lowest BCUT2D eigenvalue weighted by atomic mass is 9.99. The van der Waals surface area contributed by atoms with Gasteiger partial charge in [0.15, 0.2) is 0 Å². The van der Waals surface area contributed by atoms with E-state index in [0.29, 0.717) is 29.4 Å². The van der Waals surface area contributed by atoms with Gasteiger partial charge in [-0.15, -0.1) is 0 Å². The highest BCUT2D eigenvalue weighted by atomic mass is 16.5. The average Bonchev–Trinajstić information content (AvgIpc) is 3.34. The van der Waals surface area contributed by atoms with E-state index in [1.165, 1.54) is 4.90 Å². The number of aliphatic hydroxyl groups excluding tert-OH is 1. The van der Waals surface area contributed by atoms with Crippen molar-refractivity contribution in [3.05, 3.63) is 102 Å². The van der Waals surface area contributed by atoms with E-state index in [1.54, 1.807) is 67.9 Å². The van der Waals surface area contributed by atoms with Crippen LogP contribution >= 0.6 is 0 Å². The summed E-state index contributed by atoms with van der Waals surface area (Å²) in [6.45, 7) is 5.88. The second-order valence-electron chi connectivity index (χ2n) is 7.36. The first-order valence-corrected chi connectivity index (χ1v) is 10.1. The Hall–Kier alpha value is -4.13. The highest BCUT2D eigenvalue weighted by Crippen LogP contribution is 2.40. The van der Waals surface area contributed by atoms with Gasteiger partial charge >= 0.3 is 0 Å². The van der Waals surface area contributed by atoms with E-state index in [9.17, 15) is 14.7 Å². The summed E-state index contributed by atoms with van der Waals surface area (Å²) in [6.07, 6.45) is 4.89. The number of pyridine rings is 1. The van der Waals surface area contributed by atoms with Crippen LogP contribution in [0, 0.1) is 6.92 Å². The maximum Gasteiger partial charge on any atom is 0.296 e. The number of hydrogen-bond acceptors (Lipinski definition) is 6. The number of carbonyl (C=O) groups is 2. The predicted octanol–water partition coefficient (Wildman–Crippen LogP) is 4.17. The number of aliphatic hydroxyl groups is 1. The Bertz CT molecular complexity index is 1180. The molecule has 0 spiro atoms. The number of aryl methyl sites for hydroxylation is 1. The quantitative estimate of drug-likeness (QED) is 0.262. The van der Waals surface area contributed by atoms with Crippen LogP contribution in [0.25, 0.3) is 5.76 Å². The Labute approximate surface area is 185 Å². The number of carbonyl (C=O) groups excluding carboxylic acids is 2. The lowest BCUT2D eigenvalue weighted by Crippen LogP contribution is -2.29. The van der Waals surface area contributed by atoms with Crippen molar-refractivity contribution < 1.29 is 23.8 Å². The molecule has 3 aromatic rings. The molecule has 1 aliphatic heterocycles. The molecule has 32 heavy (non-hydrogen) atoms. The van der Waals surface area contributed by atoms with Crippen molar-refractivity contribution in [2.24, 2.45) is 0 Å². The zero-order valence-corrected chi connectivity index (χ0v) is 17.5. The van der Waals surface area contributed by atoms with Crippen LogP contribution in [0.2, 0.25) is 0 Å². The van der Waals surface area contributed by atoms with Crippen molar-refractivity contribution in [2.75, 3.05) is 6.61 Å². The van der Waals surface area contributed by atoms with E-state index < -0.39 is 17.7 Å². The van der Waals surface area contributed by atoms with Crippen LogP contribution in [0.3, 0.4) is 0 Å². The summed E-state index contributed by atoms with van der Waals surface area (Å²) in [7, 11) is 0. The third-order valence-corrected chi connectivity index (χ3v) is 5.14. The number of rotatable bonds is 7.